The molecule has 2 aliphatic heterocycles. The van der Waals surface area contributed by atoms with Crippen molar-refractivity contribution in [3.8, 4) is 11.1 Å². The van der Waals surface area contributed by atoms with Gasteiger partial charge in [0.15, 0.2) is 24.8 Å². The van der Waals surface area contributed by atoms with Gasteiger partial charge in [0.05, 0.1) is 0 Å². The van der Waals surface area contributed by atoms with Crippen LogP contribution in [0.15, 0.2) is 97.6 Å². The first-order valence-corrected chi connectivity index (χ1v) is 14.5. The summed E-state index contributed by atoms with van der Waals surface area (Å²) in [6.07, 6.45) is 16.2. The van der Waals surface area contributed by atoms with Crippen LogP contribution in [0.1, 0.15) is 36.8 Å². The molecular weight excluding hydrogens is 464 g/mol. The van der Waals surface area contributed by atoms with Crippen molar-refractivity contribution < 1.29 is 9.13 Å². The van der Waals surface area contributed by atoms with Gasteiger partial charge in [-0.2, -0.15) is 0 Å². The molecule has 0 saturated carbocycles. The molecule has 4 heteroatoms. The molecule has 0 bridgehead atoms. The van der Waals surface area contributed by atoms with Gasteiger partial charge in [-0.25, -0.2) is 9.13 Å². The van der Waals surface area contributed by atoms with Crippen molar-refractivity contribution in [3.05, 3.63) is 109 Å². The van der Waals surface area contributed by atoms with Gasteiger partial charge in [-0.1, -0.05) is 36.4 Å². The van der Waals surface area contributed by atoms with E-state index in [4.69, 9.17) is 0 Å². The molecule has 0 fully saturated rings. The lowest BCUT2D eigenvalue weighted by Crippen LogP contribution is -2.33. The van der Waals surface area contributed by atoms with Crippen LogP contribution in [0.2, 0.25) is 0 Å². The zero-order chi connectivity index (χ0) is 25.6. The average molecular weight is 505 g/mol. The maximum Gasteiger partial charge on any atom is 0.169 e. The summed E-state index contributed by atoms with van der Waals surface area (Å²) in [7, 11) is 0. The molecule has 6 rings (SSSR count). The number of unbranched alkanes of at least 4 members (excludes halogenated alkanes) is 2. The molecule has 4 aromatic rings. The third-order valence-corrected chi connectivity index (χ3v) is 8.27. The highest BCUT2D eigenvalue weighted by Gasteiger charge is 2.18. The van der Waals surface area contributed by atoms with E-state index >= 15 is 0 Å². The molecule has 0 amide bonds. The van der Waals surface area contributed by atoms with Crippen LogP contribution in [-0.2, 0) is 25.9 Å². The Kier molecular flexibility index (Phi) is 7.66. The number of pyridine rings is 2. The highest BCUT2D eigenvalue weighted by molar-refractivity contribution is 5.61. The Morgan fingerprint density at radius 2 is 0.921 bits per heavy atom. The van der Waals surface area contributed by atoms with Gasteiger partial charge >= 0.3 is 0 Å². The Bertz CT molecular complexity index is 1220. The predicted octanol–water partition coefficient (Wildman–Crippen LogP) is 5.61. The molecule has 0 spiro atoms. The van der Waals surface area contributed by atoms with Crippen molar-refractivity contribution in [1.29, 1.82) is 0 Å². The second-order valence-corrected chi connectivity index (χ2v) is 10.8. The molecule has 0 unspecified atom stereocenters. The first-order valence-electron chi connectivity index (χ1n) is 14.5. The van der Waals surface area contributed by atoms with Gasteiger partial charge in [0.2, 0.25) is 0 Å². The summed E-state index contributed by atoms with van der Waals surface area (Å²) in [4.78, 5) is 5.11. The van der Waals surface area contributed by atoms with Crippen LogP contribution in [0.25, 0.3) is 11.1 Å². The number of anilines is 2. The minimum atomic E-state index is 1.08. The van der Waals surface area contributed by atoms with E-state index in [1.165, 1.54) is 85.2 Å². The van der Waals surface area contributed by atoms with Gasteiger partial charge in [0, 0.05) is 74.7 Å². The molecule has 2 aromatic heterocycles. The summed E-state index contributed by atoms with van der Waals surface area (Å²) in [6.45, 7) is 6.82. The lowest BCUT2D eigenvalue weighted by Gasteiger charge is -2.18. The number of rotatable bonds is 11. The topological polar surface area (TPSA) is 14.2 Å². The zero-order valence-electron chi connectivity index (χ0n) is 22.5. The Balaban J connectivity index is 0.920. The highest BCUT2D eigenvalue weighted by Crippen LogP contribution is 2.28. The largest absolute Gasteiger partial charge is 0.371 e. The molecule has 0 saturated heterocycles. The minimum absolute atomic E-state index is 1.08. The fourth-order valence-corrected chi connectivity index (χ4v) is 6.07. The molecule has 0 atom stereocenters. The first kappa shape index (κ1) is 24.7. The van der Waals surface area contributed by atoms with E-state index in [1.54, 1.807) is 0 Å². The van der Waals surface area contributed by atoms with Crippen LogP contribution in [0, 0.1) is 0 Å². The van der Waals surface area contributed by atoms with Crippen LogP contribution in [0.4, 0.5) is 11.4 Å². The fraction of sp³-hybridized carbons (Fsp3) is 0.353. The fourth-order valence-electron chi connectivity index (χ4n) is 6.07. The van der Waals surface area contributed by atoms with Crippen LogP contribution in [-0.4, -0.2) is 26.2 Å². The SMILES string of the molecule is c1ccc2c(c1)CCN2CCCC[n+]1ccc(-c2cc[n+](CCCCN3CCc4ccccc43)cc2)cc1. The quantitative estimate of drug-likeness (QED) is 0.195. The second-order valence-electron chi connectivity index (χ2n) is 10.8. The van der Waals surface area contributed by atoms with E-state index in [-0.39, 0.29) is 0 Å². The lowest BCUT2D eigenvalue weighted by atomic mass is 10.1. The van der Waals surface area contributed by atoms with Crippen molar-refractivity contribution in [2.24, 2.45) is 0 Å². The molecule has 0 N–H and O–H groups in total. The number of nitrogens with zero attached hydrogens (tertiary/aromatic N) is 4. The Hall–Kier alpha value is -3.66. The molecule has 38 heavy (non-hydrogen) atoms. The van der Waals surface area contributed by atoms with E-state index in [9.17, 15) is 0 Å². The molecule has 0 radical (unpaired) electrons. The van der Waals surface area contributed by atoms with Crippen molar-refractivity contribution in [3.63, 3.8) is 0 Å². The summed E-state index contributed by atoms with van der Waals surface area (Å²) in [5.74, 6) is 0. The van der Waals surface area contributed by atoms with E-state index in [1.807, 2.05) is 0 Å². The first-order chi connectivity index (χ1) is 18.8. The molecular formula is C34H40N4+2. The maximum atomic E-state index is 2.55. The Labute approximate surface area is 227 Å². The van der Waals surface area contributed by atoms with Gasteiger partial charge in [0.1, 0.15) is 13.1 Å². The minimum Gasteiger partial charge on any atom is -0.371 e. The number of hydrogen-bond donors (Lipinski definition) is 0. The number of fused-ring (bicyclic) bond motifs is 2. The Morgan fingerprint density at radius 1 is 0.500 bits per heavy atom. The van der Waals surface area contributed by atoms with Crippen molar-refractivity contribution >= 4 is 11.4 Å². The van der Waals surface area contributed by atoms with Gasteiger partial charge in [-0.05, 0) is 60.1 Å². The van der Waals surface area contributed by atoms with E-state index in [2.05, 4.69) is 117 Å². The van der Waals surface area contributed by atoms with Crippen LogP contribution >= 0.6 is 0 Å². The summed E-state index contributed by atoms with van der Waals surface area (Å²) in [6, 6.07) is 26.8. The monoisotopic (exact) mass is 504 g/mol. The zero-order valence-corrected chi connectivity index (χ0v) is 22.5. The number of benzene rings is 2. The summed E-state index contributed by atoms with van der Waals surface area (Å²) in [5.41, 5.74) is 8.48. The van der Waals surface area contributed by atoms with E-state index in [0.29, 0.717) is 0 Å². The second kappa shape index (κ2) is 11.8. The average Bonchev–Trinajstić information content (AvgIpc) is 3.58. The molecule has 0 aliphatic carbocycles. The molecule has 2 aliphatic rings. The highest BCUT2D eigenvalue weighted by atomic mass is 15.1. The van der Waals surface area contributed by atoms with Crippen molar-refractivity contribution in [2.75, 3.05) is 36.0 Å². The third kappa shape index (κ3) is 5.75. The van der Waals surface area contributed by atoms with Crippen molar-refractivity contribution in [1.82, 2.24) is 0 Å². The standard InChI is InChI=1S/C34H40N4/c1-3-11-33-31(9-1)17-27-37(33)21-7-5-19-35-23-13-29(14-24-35)30-15-25-36(26-16-30)20-6-8-22-38-28-18-32-10-2-4-12-34(32)38/h1-4,9-16,23-26H,5-8,17-22,27-28H2/q+2. The predicted molar refractivity (Wildman–Crippen MR) is 155 cm³/mol. The summed E-state index contributed by atoms with van der Waals surface area (Å²) < 4.78 is 4.65. The normalized spacial score (nSPS) is 14.1. The molecule has 4 heterocycles. The number of aromatic nitrogens is 2. The number of hydrogen-bond acceptors (Lipinski definition) is 2. The molecule has 2 aromatic carbocycles. The number of para-hydroxylation sites is 2. The molecule has 194 valence electrons. The van der Waals surface area contributed by atoms with E-state index in [0.717, 1.165) is 26.2 Å². The maximum absolute atomic E-state index is 2.55. The van der Waals surface area contributed by atoms with Gasteiger partial charge in [0.25, 0.3) is 0 Å². The summed E-state index contributed by atoms with van der Waals surface area (Å²) in [5, 5.41) is 0. The van der Waals surface area contributed by atoms with Crippen molar-refractivity contribution in [2.45, 2.75) is 51.6 Å². The van der Waals surface area contributed by atoms with Crippen LogP contribution in [0.5, 0.6) is 0 Å². The van der Waals surface area contributed by atoms with E-state index < -0.39 is 0 Å². The number of aryl methyl sites for hydroxylation is 2. The van der Waals surface area contributed by atoms with Gasteiger partial charge < -0.3 is 9.80 Å². The smallest absolute Gasteiger partial charge is 0.169 e. The molecule has 4 nitrogen and oxygen atoms in total. The third-order valence-electron chi connectivity index (χ3n) is 8.27. The lowest BCUT2D eigenvalue weighted by molar-refractivity contribution is -0.697. The van der Waals surface area contributed by atoms with Crippen LogP contribution < -0.4 is 18.9 Å². The van der Waals surface area contributed by atoms with Gasteiger partial charge in [-0.15, -0.1) is 0 Å². The summed E-state index contributed by atoms with van der Waals surface area (Å²) >= 11 is 0. The van der Waals surface area contributed by atoms with Crippen LogP contribution in [0.3, 0.4) is 0 Å². The Morgan fingerprint density at radius 3 is 1.37 bits per heavy atom. The van der Waals surface area contributed by atoms with Gasteiger partial charge in [-0.3, -0.25) is 0 Å².